The van der Waals surface area contributed by atoms with Crippen molar-refractivity contribution in [3.8, 4) is 5.75 Å². The van der Waals surface area contributed by atoms with Crippen LogP contribution in [0, 0.1) is 12.7 Å². The van der Waals surface area contributed by atoms with Crippen LogP contribution in [0.15, 0.2) is 24.4 Å². The van der Waals surface area contributed by atoms with E-state index in [2.05, 4.69) is 20.7 Å². The third kappa shape index (κ3) is 2.89. The second kappa shape index (κ2) is 5.49. The number of nitrogen functional groups attached to an aromatic ring is 1. The van der Waals surface area contributed by atoms with Gasteiger partial charge in [-0.05, 0) is 19.1 Å². The summed E-state index contributed by atoms with van der Waals surface area (Å²) in [6.07, 6.45) is 1.59. The second-order valence-electron chi connectivity index (χ2n) is 3.84. The van der Waals surface area contributed by atoms with Crippen molar-refractivity contribution in [2.45, 2.75) is 6.92 Å². The molecule has 0 spiro atoms. The van der Waals surface area contributed by atoms with E-state index in [0.717, 1.165) is 5.56 Å². The number of benzene rings is 1. The number of hydrazine groups is 1. The monoisotopic (exact) mass is 263 g/mol. The number of hydrogen-bond acceptors (Lipinski definition) is 6. The lowest BCUT2D eigenvalue weighted by atomic mass is 10.2. The summed E-state index contributed by atoms with van der Waals surface area (Å²) in [7, 11) is 1.52. The summed E-state index contributed by atoms with van der Waals surface area (Å²) in [5, 5.41) is 2.89. The van der Waals surface area contributed by atoms with Crippen molar-refractivity contribution < 1.29 is 9.13 Å². The highest BCUT2D eigenvalue weighted by molar-refractivity contribution is 5.62. The second-order valence-corrected chi connectivity index (χ2v) is 3.84. The molecule has 0 atom stereocenters. The van der Waals surface area contributed by atoms with E-state index in [9.17, 15) is 4.39 Å². The number of rotatable bonds is 4. The molecule has 2 rings (SSSR count). The molecule has 0 bridgehead atoms. The molecule has 1 heterocycles. The molecule has 2 aromatic rings. The maximum Gasteiger partial charge on any atom is 0.239 e. The minimum absolute atomic E-state index is 0.247. The molecule has 0 unspecified atom stereocenters. The fourth-order valence-corrected chi connectivity index (χ4v) is 1.49. The summed E-state index contributed by atoms with van der Waals surface area (Å²) < 4.78 is 18.8. The molecule has 0 saturated heterocycles. The van der Waals surface area contributed by atoms with Crippen LogP contribution in [0.25, 0.3) is 0 Å². The fourth-order valence-electron chi connectivity index (χ4n) is 1.49. The van der Waals surface area contributed by atoms with Crippen LogP contribution in [0.4, 0.5) is 21.8 Å². The van der Waals surface area contributed by atoms with Crippen LogP contribution in [0.5, 0.6) is 5.75 Å². The van der Waals surface area contributed by atoms with Gasteiger partial charge < -0.3 is 10.1 Å². The van der Waals surface area contributed by atoms with Gasteiger partial charge in [-0.3, -0.25) is 5.43 Å². The van der Waals surface area contributed by atoms with E-state index in [4.69, 9.17) is 10.6 Å². The highest BCUT2D eigenvalue weighted by Crippen LogP contribution is 2.25. The van der Waals surface area contributed by atoms with E-state index in [-0.39, 0.29) is 11.6 Å². The van der Waals surface area contributed by atoms with Gasteiger partial charge in [-0.1, -0.05) is 0 Å². The van der Waals surface area contributed by atoms with Crippen molar-refractivity contribution in [1.82, 2.24) is 9.97 Å². The first-order valence-corrected chi connectivity index (χ1v) is 5.55. The van der Waals surface area contributed by atoms with Gasteiger partial charge in [0.1, 0.15) is 17.4 Å². The summed E-state index contributed by atoms with van der Waals surface area (Å²) in [5.41, 5.74) is 3.37. The van der Waals surface area contributed by atoms with Gasteiger partial charge in [0.15, 0.2) is 0 Å². The molecule has 0 radical (unpaired) electrons. The number of nitrogens with two attached hydrogens (primary N) is 1. The van der Waals surface area contributed by atoms with Gasteiger partial charge in [-0.25, -0.2) is 15.2 Å². The van der Waals surface area contributed by atoms with Gasteiger partial charge in [-0.15, -0.1) is 0 Å². The fraction of sp³-hybridized carbons (Fsp3) is 0.167. The summed E-state index contributed by atoms with van der Waals surface area (Å²) >= 11 is 0. The zero-order chi connectivity index (χ0) is 13.8. The number of hydrogen-bond donors (Lipinski definition) is 3. The van der Waals surface area contributed by atoms with E-state index < -0.39 is 5.82 Å². The Labute approximate surface area is 109 Å². The quantitative estimate of drug-likeness (QED) is 0.577. The maximum atomic E-state index is 13.7. The molecule has 1 aromatic carbocycles. The normalized spacial score (nSPS) is 10.1. The Balaban J connectivity index is 2.35. The SMILES string of the molecule is COc1ccc(F)c(Nc2nc(NN)ncc2C)c1. The van der Waals surface area contributed by atoms with Gasteiger partial charge in [0.2, 0.25) is 5.95 Å². The van der Waals surface area contributed by atoms with Gasteiger partial charge in [0.05, 0.1) is 12.8 Å². The smallest absolute Gasteiger partial charge is 0.239 e. The summed E-state index contributed by atoms with van der Waals surface area (Å²) in [4.78, 5) is 8.07. The predicted molar refractivity (Wildman–Crippen MR) is 70.8 cm³/mol. The van der Waals surface area contributed by atoms with E-state index in [1.807, 2.05) is 0 Å². The lowest BCUT2D eigenvalue weighted by Gasteiger charge is -2.11. The van der Waals surface area contributed by atoms with Crippen molar-refractivity contribution in [2.24, 2.45) is 5.84 Å². The molecular formula is C12H14FN5O. The first-order chi connectivity index (χ1) is 9.13. The zero-order valence-electron chi connectivity index (χ0n) is 10.6. The van der Waals surface area contributed by atoms with Crippen molar-refractivity contribution in [3.05, 3.63) is 35.8 Å². The first kappa shape index (κ1) is 13.0. The topological polar surface area (TPSA) is 85.1 Å². The summed E-state index contributed by atoms with van der Waals surface area (Å²) in [6.45, 7) is 1.81. The minimum Gasteiger partial charge on any atom is -0.497 e. The Morgan fingerprint density at radius 3 is 2.84 bits per heavy atom. The van der Waals surface area contributed by atoms with E-state index in [0.29, 0.717) is 11.6 Å². The minimum atomic E-state index is -0.402. The largest absolute Gasteiger partial charge is 0.497 e. The third-order valence-corrected chi connectivity index (χ3v) is 2.53. The molecule has 0 aliphatic heterocycles. The predicted octanol–water partition coefficient (Wildman–Crippen LogP) is 1.96. The van der Waals surface area contributed by atoms with Crippen molar-refractivity contribution in [3.63, 3.8) is 0 Å². The Kier molecular flexibility index (Phi) is 3.76. The van der Waals surface area contributed by atoms with Gasteiger partial charge in [-0.2, -0.15) is 4.98 Å². The van der Waals surface area contributed by atoms with Gasteiger partial charge in [0, 0.05) is 17.8 Å². The van der Waals surface area contributed by atoms with Crippen molar-refractivity contribution >= 4 is 17.5 Å². The third-order valence-electron chi connectivity index (χ3n) is 2.53. The molecule has 100 valence electrons. The summed E-state index contributed by atoms with van der Waals surface area (Å²) in [6, 6.07) is 4.41. The van der Waals surface area contributed by atoms with Crippen LogP contribution in [0.2, 0.25) is 0 Å². The zero-order valence-corrected chi connectivity index (χ0v) is 10.6. The van der Waals surface area contributed by atoms with Crippen LogP contribution < -0.4 is 21.3 Å². The Hall–Kier alpha value is -2.41. The first-order valence-electron chi connectivity index (χ1n) is 5.55. The molecule has 4 N–H and O–H groups in total. The average Bonchev–Trinajstić information content (AvgIpc) is 2.43. The lowest BCUT2D eigenvalue weighted by molar-refractivity contribution is 0.414. The van der Waals surface area contributed by atoms with Gasteiger partial charge in [0.25, 0.3) is 0 Å². The number of methoxy groups -OCH3 is 1. The molecular weight excluding hydrogens is 249 g/mol. The van der Waals surface area contributed by atoms with E-state index in [1.54, 1.807) is 25.3 Å². The van der Waals surface area contributed by atoms with E-state index in [1.165, 1.54) is 13.2 Å². The Morgan fingerprint density at radius 2 is 2.16 bits per heavy atom. The summed E-state index contributed by atoms with van der Waals surface area (Å²) in [5.74, 6) is 6.10. The van der Waals surface area contributed by atoms with Crippen molar-refractivity contribution in [2.75, 3.05) is 17.9 Å². The maximum absolute atomic E-state index is 13.7. The Morgan fingerprint density at radius 1 is 1.37 bits per heavy atom. The number of aromatic nitrogens is 2. The molecule has 7 heteroatoms. The highest BCUT2D eigenvalue weighted by Gasteiger charge is 2.08. The standard InChI is InChI=1S/C12H14FN5O/c1-7-6-15-12(18-14)17-11(7)16-10-5-8(19-2)3-4-9(10)13/h3-6H,14H2,1-2H3,(H2,15,16,17,18). The number of aryl methyl sites for hydroxylation is 1. The number of anilines is 3. The molecule has 0 aliphatic rings. The number of nitrogens with zero attached hydrogens (tertiary/aromatic N) is 2. The van der Waals surface area contributed by atoms with Crippen LogP contribution in [-0.4, -0.2) is 17.1 Å². The van der Waals surface area contributed by atoms with Crippen LogP contribution in [0.3, 0.4) is 0 Å². The Bertz CT molecular complexity index is 539. The van der Waals surface area contributed by atoms with Gasteiger partial charge >= 0.3 is 0 Å². The molecule has 1 aromatic heterocycles. The molecule has 0 saturated carbocycles. The number of ether oxygens (including phenoxy) is 1. The highest BCUT2D eigenvalue weighted by atomic mass is 19.1. The van der Waals surface area contributed by atoms with Crippen LogP contribution in [0.1, 0.15) is 5.56 Å². The molecule has 0 aliphatic carbocycles. The molecule has 19 heavy (non-hydrogen) atoms. The van der Waals surface area contributed by atoms with Crippen LogP contribution in [-0.2, 0) is 0 Å². The van der Waals surface area contributed by atoms with Crippen LogP contribution >= 0.6 is 0 Å². The molecule has 0 fully saturated rings. The number of nitrogens with one attached hydrogen (secondary N) is 2. The molecule has 6 nitrogen and oxygen atoms in total. The lowest BCUT2D eigenvalue weighted by Crippen LogP contribution is -2.12. The molecule has 0 amide bonds. The van der Waals surface area contributed by atoms with Crippen molar-refractivity contribution in [1.29, 1.82) is 0 Å². The number of halogens is 1. The average molecular weight is 263 g/mol. The van der Waals surface area contributed by atoms with E-state index >= 15 is 0 Å².